The standard InChI is InChI=1S/C20H11Cl3N2O2/c21-13-5-7-15(17(23)10-13)19-8-6-14(27-19)9-12(11-24)20(26)25-18-4-2-1-3-16(18)22/h1-10H,(H,25,26)/b12-9+. The molecule has 0 saturated carbocycles. The number of hydrogen-bond acceptors (Lipinski definition) is 3. The maximum Gasteiger partial charge on any atom is 0.266 e. The molecule has 1 N–H and O–H groups in total. The van der Waals surface area contributed by atoms with Crippen LogP contribution in [-0.2, 0) is 4.79 Å². The van der Waals surface area contributed by atoms with Gasteiger partial charge in [-0.2, -0.15) is 5.26 Å². The third-order valence-corrected chi connectivity index (χ3v) is 4.47. The molecule has 1 heterocycles. The minimum absolute atomic E-state index is 0.127. The number of carbonyl (C=O) groups is 1. The Morgan fingerprint density at radius 2 is 1.81 bits per heavy atom. The summed E-state index contributed by atoms with van der Waals surface area (Å²) in [7, 11) is 0. The van der Waals surface area contributed by atoms with Crippen molar-refractivity contribution in [3.63, 3.8) is 0 Å². The lowest BCUT2D eigenvalue weighted by Crippen LogP contribution is -2.13. The molecule has 0 atom stereocenters. The third-order valence-electron chi connectivity index (χ3n) is 3.60. The molecule has 2 aromatic carbocycles. The predicted molar refractivity (Wildman–Crippen MR) is 108 cm³/mol. The number of nitriles is 1. The molecule has 0 aliphatic rings. The summed E-state index contributed by atoms with van der Waals surface area (Å²) < 4.78 is 5.69. The molecular weight excluding hydrogens is 407 g/mol. The van der Waals surface area contributed by atoms with Crippen LogP contribution in [0.3, 0.4) is 0 Å². The van der Waals surface area contributed by atoms with Crippen molar-refractivity contribution in [2.75, 3.05) is 5.32 Å². The van der Waals surface area contributed by atoms with Crippen LogP contribution >= 0.6 is 34.8 Å². The van der Waals surface area contributed by atoms with E-state index in [9.17, 15) is 10.1 Å². The maximum atomic E-state index is 12.3. The number of halogens is 3. The summed E-state index contributed by atoms with van der Waals surface area (Å²) >= 11 is 18.1. The quantitative estimate of drug-likeness (QED) is 0.392. The molecule has 1 amide bonds. The van der Waals surface area contributed by atoms with Gasteiger partial charge in [-0.15, -0.1) is 0 Å². The van der Waals surface area contributed by atoms with Gasteiger partial charge in [0, 0.05) is 16.7 Å². The molecule has 0 aliphatic carbocycles. The highest BCUT2D eigenvalue weighted by Crippen LogP contribution is 2.32. The van der Waals surface area contributed by atoms with Crippen LogP contribution in [-0.4, -0.2) is 5.91 Å². The first kappa shape index (κ1) is 19.1. The molecule has 1 aromatic heterocycles. The zero-order chi connectivity index (χ0) is 19.4. The SMILES string of the molecule is N#C/C(=C\c1ccc(-c2ccc(Cl)cc2Cl)o1)C(=O)Nc1ccccc1Cl. The van der Waals surface area contributed by atoms with Gasteiger partial charge in [0.2, 0.25) is 0 Å². The van der Waals surface area contributed by atoms with Crippen LogP contribution in [0.25, 0.3) is 17.4 Å². The second-order valence-corrected chi connectivity index (χ2v) is 6.68. The first-order valence-electron chi connectivity index (χ1n) is 7.71. The van der Waals surface area contributed by atoms with E-state index in [2.05, 4.69) is 5.32 Å². The van der Waals surface area contributed by atoms with Crippen molar-refractivity contribution in [2.45, 2.75) is 0 Å². The van der Waals surface area contributed by atoms with Crippen molar-refractivity contribution in [3.05, 3.63) is 81.0 Å². The Morgan fingerprint density at radius 3 is 2.52 bits per heavy atom. The number of hydrogen-bond donors (Lipinski definition) is 1. The first-order chi connectivity index (χ1) is 13.0. The number of carbonyl (C=O) groups excluding carboxylic acids is 1. The van der Waals surface area contributed by atoms with Gasteiger partial charge in [0.1, 0.15) is 23.2 Å². The minimum atomic E-state index is -0.590. The van der Waals surface area contributed by atoms with Crippen LogP contribution in [0.2, 0.25) is 15.1 Å². The summed E-state index contributed by atoms with van der Waals surface area (Å²) in [4.78, 5) is 12.3. The fourth-order valence-corrected chi connectivity index (χ4v) is 2.99. The second kappa shape index (κ2) is 8.32. The van der Waals surface area contributed by atoms with E-state index in [1.807, 2.05) is 6.07 Å². The van der Waals surface area contributed by atoms with Crippen LogP contribution in [0, 0.1) is 11.3 Å². The normalized spacial score (nSPS) is 11.1. The monoisotopic (exact) mass is 416 g/mol. The van der Waals surface area contributed by atoms with Crippen LogP contribution in [0.4, 0.5) is 5.69 Å². The van der Waals surface area contributed by atoms with Crippen LogP contribution in [0.5, 0.6) is 0 Å². The number of benzene rings is 2. The molecule has 0 spiro atoms. The highest BCUT2D eigenvalue weighted by Gasteiger charge is 2.13. The van der Waals surface area contributed by atoms with Crippen molar-refractivity contribution in [3.8, 4) is 17.4 Å². The van der Waals surface area contributed by atoms with E-state index in [1.165, 1.54) is 6.08 Å². The Kier molecular flexibility index (Phi) is 5.88. The molecule has 3 aromatic rings. The fraction of sp³-hybridized carbons (Fsp3) is 0. The molecule has 134 valence electrons. The summed E-state index contributed by atoms with van der Waals surface area (Å²) in [6.45, 7) is 0. The van der Waals surface area contributed by atoms with E-state index in [4.69, 9.17) is 39.2 Å². The van der Waals surface area contributed by atoms with E-state index in [-0.39, 0.29) is 5.57 Å². The highest BCUT2D eigenvalue weighted by molar-refractivity contribution is 6.36. The van der Waals surface area contributed by atoms with E-state index in [1.54, 1.807) is 54.6 Å². The van der Waals surface area contributed by atoms with Gasteiger partial charge in [-0.1, -0.05) is 46.9 Å². The topological polar surface area (TPSA) is 66.0 Å². The summed E-state index contributed by atoms with van der Waals surface area (Å²) in [5, 5.41) is 13.2. The zero-order valence-corrected chi connectivity index (χ0v) is 15.9. The molecule has 0 bridgehead atoms. The Balaban J connectivity index is 1.84. The average molecular weight is 418 g/mol. The van der Waals surface area contributed by atoms with E-state index in [0.717, 1.165) is 0 Å². The molecular formula is C20H11Cl3N2O2. The average Bonchev–Trinajstić information content (AvgIpc) is 3.09. The zero-order valence-electron chi connectivity index (χ0n) is 13.7. The van der Waals surface area contributed by atoms with E-state index < -0.39 is 5.91 Å². The molecule has 3 rings (SSSR count). The molecule has 0 aliphatic heterocycles. The van der Waals surface area contributed by atoms with E-state index >= 15 is 0 Å². The van der Waals surface area contributed by atoms with Gasteiger partial charge in [-0.3, -0.25) is 4.79 Å². The lowest BCUT2D eigenvalue weighted by Gasteiger charge is -2.05. The van der Waals surface area contributed by atoms with Gasteiger partial charge >= 0.3 is 0 Å². The van der Waals surface area contributed by atoms with Crippen LogP contribution in [0.1, 0.15) is 5.76 Å². The molecule has 0 radical (unpaired) electrons. The maximum absolute atomic E-state index is 12.3. The fourth-order valence-electron chi connectivity index (χ4n) is 2.31. The van der Waals surface area contributed by atoms with Gasteiger partial charge in [-0.05, 0) is 42.5 Å². The predicted octanol–water partition coefficient (Wildman–Crippen LogP) is 6.45. The van der Waals surface area contributed by atoms with Crippen molar-refractivity contribution in [1.29, 1.82) is 5.26 Å². The Bertz CT molecular complexity index is 1080. The van der Waals surface area contributed by atoms with Crippen LogP contribution < -0.4 is 5.32 Å². The van der Waals surface area contributed by atoms with Crippen molar-refractivity contribution >= 4 is 52.5 Å². The number of rotatable bonds is 4. The number of anilines is 1. The van der Waals surface area contributed by atoms with Gasteiger partial charge < -0.3 is 9.73 Å². The molecule has 4 nitrogen and oxygen atoms in total. The molecule has 7 heteroatoms. The molecule has 0 saturated heterocycles. The Labute approximate surface area is 170 Å². The number of furan rings is 1. The lowest BCUT2D eigenvalue weighted by molar-refractivity contribution is -0.112. The van der Waals surface area contributed by atoms with Gasteiger partial charge in [0.05, 0.1) is 15.7 Å². The number of nitrogens with zero attached hydrogens (tertiary/aromatic N) is 1. The van der Waals surface area contributed by atoms with Gasteiger partial charge in [0.15, 0.2) is 0 Å². The number of amides is 1. The summed E-state index contributed by atoms with van der Waals surface area (Å²) in [5.74, 6) is 0.238. The van der Waals surface area contributed by atoms with Crippen molar-refractivity contribution in [2.24, 2.45) is 0 Å². The van der Waals surface area contributed by atoms with Crippen molar-refractivity contribution < 1.29 is 9.21 Å². The van der Waals surface area contributed by atoms with Gasteiger partial charge in [0.25, 0.3) is 5.91 Å². The highest BCUT2D eigenvalue weighted by atomic mass is 35.5. The first-order valence-corrected chi connectivity index (χ1v) is 8.84. The molecule has 0 fully saturated rings. The second-order valence-electron chi connectivity index (χ2n) is 5.43. The molecule has 0 unspecified atom stereocenters. The van der Waals surface area contributed by atoms with Gasteiger partial charge in [-0.25, -0.2) is 0 Å². The molecule has 27 heavy (non-hydrogen) atoms. The summed E-state index contributed by atoms with van der Waals surface area (Å²) in [5.41, 5.74) is 0.941. The lowest BCUT2D eigenvalue weighted by atomic mass is 10.2. The van der Waals surface area contributed by atoms with Crippen molar-refractivity contribution in [1.82, 2.24) is 0 Å². The van der Waals surface area contributed by atoms with E-state index in [0.29, 0.717) is 37.8 Å². The van der Waals surface area contributed by atoms with Crippen LogP contribution in [0.15, 0.2) is 64.6 Å². The summed E-state index contributed by atoms with van der Waals surface area (Å²) in [6, 6.07) is 17.0. The Morgan fingerprint density at radius 1 is 1.04 bits per heavy atom. The number of nitrogens with one attached hydrogen (secondary N) is 1. The number of para-hydroxylation sites is 1. The largest absolute Gasteiger partial charge is 0.457 e. The summed E-state index contributed by atoms with van der Waals surface area (Å²) in [6.07, 6.45) is 1.35. The third kappa shape index (κ3) is 4.53. The smallest absolute Gasteiger partial charge is 0.266 e. The Hall–Kier alpha value is -2.71. The minimum Gasteiger partial charge on any atom is -0.457 e.